The summed E-state index contributed by atoms with van der Waals surface area (Å²) in [5.74, 6) is -1.78. The van der Waals surface area contributed by atoms with Crippen LogP contribution in [0.2, 0.25) is 0 Å². The number of aliphatic hydroxyl groups excluding tert-OH is 1. The van der Waals surface area contributed by atoms with Crippen LogP contribution in [0.5, 0.6) is 23.0 Å². The highest BCUT2D eigenvalue weighted by Crippen LogP contribution is 2.50. The van der Waals surface area contributed by atoms with Crippen LogP contribution in [0.15, 0.2) is 158 Å². The van der Waals surface area contributed by atoms with Crippen molar-refractivity contribution in [3.05, 3.63) is 191 Å². The van der Waals surface area contributed by atoms with E-state index in [1.54, 1.807) is 57.2 Å². The molecule has 0 bridgehead atoms. The summed E-state index contributed by atoms with van der Waals surface area (Å²) in [5.41, 5.74) is 8.44. The Morgan fingerprint density at radius 1 is 0.416 bits per heavy atom. The Morgan fingerprint density at radius 3 is 1.03 bits per heavy atom. The lowest BCUT2D eigenvalue weighted by Crippen LogP contribution is -2.18. The fraction of sp³-hybridized carbons (Fsp3) is 0.384. The van der Waals surface area contributed by atoms with Gasteiger partial charge in [-0.2, -0.15) is 0 Å². The fourth-order valence-corrected chi connectivity index (χ4v) is 7.60. The molecule has 0 fully saturated rings. The van der Waals surface area contributed by atoms with Gasteiger partial charge in [-0.1, -0.05) is 172 Å². The van der Waals surface area contributed by atoms with Gasteiger partial charge in [0.1, 0.15) is 29.6 Å². The third-order valence-corrected chi connectivity index (χ3v) is 11.9. The number of fused-ring (bicyclic) bond motifs is 3. The second-order valence-electron chi connectivity index (χ2n) is 19.2. The van der Waals surface area contributed by atoms with Crippen LogP contribution in [-0.2, 0) is 83.6 Å². The van der Waals surface area contributed by atoms with Crippen LogP contribution >= 0.6 is 0 Å². The van der Waals surface area contributed by atoms with E-state index in [4.69, 9.17) is 37.9 Å². The maximum absolute atomic E-state index is 12.4. The second kappa shape index (κ2) is 43.8. The number of hydrogen-bond acceptors (Lipinski definition) is 16. The molecule has 1 aliphatic rings. The van der Waals surface area contributed by atoms with Crippen molar-refractivity contribution >= 4 is 41.8 Å². The molecule has 5 aromatic rings. The molecule has 1 aliphatic carbocycles. The molecule has 5 aromatic carbocycles. The number of ether oxygens (including phenoxy) is 8. The summed E-state index contributed by atoms with van der Waals surface area (Å²) in [6.07, 6.45) is 0.0697. The molecule has 0 saturated carbocycles. The first-order valence-corrected chi connectivity index (χ1v) is 28.3. The zero-order chi connectivity index (χ0) is 63.8. The van der Waals surface area contributed by atoms with Crippen molar-refractivity contribution in [2.45, 2.75) is 163 Å². The average molecular weight is 1230 g/mol. The molecule has 16 heteroatoms. The number of aliphatic hydroxyl groups is 1. The van der Waals surface area contributed by atoms with E-state index < -0.39 is 53.5 Å². The minimum atomic E-state index is -1.12. The first kappa shape index (κ1) is 84.5. The normalized spacial score (nSPS) is 10.8. The van der Waals surface area contributed by atoms with Crippen LogP contribution in [-0.4, -0.2) is 79.6 Å². The third-order valence-electron chi connectivity index (χ3n) is 11.9. The Bertz CT molecular complexity index is 2960. The second-order valence-corrected chi connectivity index (χ2v) is 19.2. The molecule has 0 spiro atoms. The molecule has 1 N–H and O–H groups in total. The molecule has 0 heterocycles. The van der Waals surface area contributed by atoms with Crippen molar-refractivity contribution in [3.8, 4) is 34.1 Å². The molecule has 0 radical (unpaired) electrons. The summed E-state index contributed by atoms with van der Waals surface area (Å²) in [4.78, 5) is 83.6. The van der Waals surface area contributed by atoms with Crippen molar-refractivity contribution < 1.29 is 76.6 Å². The van der Waals surface area contributed by atoms with Crippen molar-refractivity contribution in [1.29, 1.82) is 0 Å². The first-order valence-electron chi connectivity index (χ1n) is 28.3. The van der Waals surface area contributed by atoms with E-state index in [9.17, 15) is 38.7 Å². The number of carbonyl (C=O) groups excluding carboxylic acids is 7. The smallest absolute Gasteiger partial charge is 0.333 e. The van der Waals surface area contributed by atoms with E-state index in [0.29, 0.717) is 52.6 Å². The highest BCUT2D eigenvalue weighted by Gasteiger charge is 2.36. The Labute approximate surface area is 530 Å². The largest absolute Gasteiger partial charge is 0.462 e. The maximum atomic E-state index is 12.4. The lowest BCUT2D eigenvalue weighted by molar-refractivity contribution is -0.143. The Hall–Kier alpha value is -8.73. The molecule has 0 aliphatic heterocycles. The summed E-state index contributed by atoms with van der Waals surface area (Å²) in [6, 6.07) is 31.9. The zero-order valence-electron chi connectivity index (χ0n) is 51.4. The maximum Gasteiger partial charge on any atom is 0.333 e. The molecule has 6 rings (SSSR count). The van der Waals surface area contributed by atoms with E-state index in [1.807, 2.05) is 128 Å². The minimum Gasteiger partial charge on any atom is -0.462 e. The summed E-state index contributed by atoms with van der Waals surface area (Å²) >= 11 is 0. The molecule has 1 unspecified atom stereocenters. The Kier molecular flexibility index (Phi) is 41.6. The minimum absolute atomic E-state index is 0. The van der Waals surface area contributed by atoms with Gasteiger partial charge in [-0.3, -0.25) is 19.2 Å². The molecular weight excluding hydrogens is 1130 g/mol. The number of esters is 7. The summed E-state index contributed by atoms with van der Waals surface area (Å²) in [5, 5.41) is 9.60. The van der Waals surface area contributed by atoms with Gasteiger partial charge in [-0.05, 0) is 126 Å². The third kappa shape index (κ3) is 29.2. The lowest BCUT2D eigenvalue weighted by atomic mass is 9.82. The molecule has 0 saturated heterocycles. The van der Waals surface area contributed by atoms with E-state index >= 15 is 0 Å². The average Bonchev–Trinajstić information content (AvgIpc) is 1.61. The monoisotopic (exact) mass is 1230 g/mol. The molecule has 0 aromatic heterocycles. The van der Waals surface area contributed by atoms with Crippen LogP contribution in [0.4, 0.5) is 0 Å². The fourth-order valence-electron chi connectivity index (χ4n) is 7.60. The van der Waals surface area contributed by atoms with Crippen molar-refractivity contribution in [1.82, 2.24) is 0 Å². The van der Waals surface area contributed by atoms with Crippen molar-refractivity contribution in [2.75, 3.05) is 26.4 Å². The van der Waals surface area contributed by atoms with Crippen LogP contribution in [0.1, 0.15) is 159 Å². The summed E-state index contributed by atoms with van der Waals surface area (Å²) in [6.45, 7) is 37.0. The Balaban J connectivity index is -0.00000148. The topological polar surface area (TPSA) is 214 Å². The number of hydrogen-bond donors (Lipinski definition) is 1. The van der Waals surface area contributed by atoms with Gasteiger partial charge >= 0.3 is 41.8 Å². The Morgan fingerprint density at radius 2 is 0.708 bits per heavy atom. The summed E-state index contributed by atoms with van der Waals surface area (Å²) < 4.78 is 42.0. The molecule has 0 amide bonds. The van der Waals surface area contributed by atoms with Gasteiger partial charge in [-0.25, -0.2) is 14.4 Å². The number of benzene rings is 5. The van der Waals surface area contributed by atoms with Crippen LogP contribution in [0.3, 0.4) is 0 Å². The van der Waals surface area contributed by atoms with Gasteiger partial charge in [0.2, 0.25) is 0 Å². The molecule has 89 heavy (non-hydrogen) atoms. The number of carbonyl (C=O) groups is 7. The molecule has 488 valence electrons. The van der Waals surface area contributed by atoms with E-state index in [2.05, 4.69) is 26.3 Å². The zero-order valence-corrected chi connectivity index (χ0v) is 51.4. The molecule has 1 atom stereocenters. The highest BCUT2D eigenvalue weighted by atomic mass is 16.6. The SMILES string of the molecule is C.C.C.C.C=C(C)C(=O)OCCC(=O)Oc1ccc2c(c1)C(C)(C)c1cc(OC(=O)CCOC(O)C(=C)C)ccc1-2.C=C(C)C(=O)OCCc1ccc(CC(=O)Oc2ccc(OC(=O)Cc3ccc(CCOC(=O)C(=C)C)cc3)cc2)cc1.CC.CC.CC. The molecule has 16 nitrogen and oxygen atoms in total. The van der Waals surface area contributed by atoms with Gasteiger partial charge in [-0.15, -0.1) is 0 Å². The van der Waals surface area contributed by atoms with Gasteiger partial charge < -0.3 is 43.0 Å². The van der Waals surface area contributed by atoms with E-state index in [-0.39, 0.29) is 87.4 Å². The van der Waals surface area contributed by atoms with E-state index in [1.165, 1.54) is 6.92 Å². The standard InChI is InChI=1S/C34H34O8.C29H32O8.3C2H6.4CH4/c1-23(2)33(37)39-19-17-25-5-9-27(10-6-25)21-31(35)41-29-13-15-30(16-14-29)42-32(36)22-28-11-7-26(8-12-28)18-20-40-34(38)24(3)4;1-17(2)27(32)34-13-11-25(30)36-19-7-9-21-22-10-8-20(16-24(22)29(5,6)23(21)15-19)37-26(31)12-14-35-28(33)18(3)4;3*1-2;;;;/h5-16H,1,3,17-22H2,2,4H3;7-10,15-16,27,32H,1,3,11-14H2,2,4-6H3;3*1-2H3;4*1H4. The number of rotatable bonds is 25. The van der Waals surface area contributed by atoms with E-state index in [0.717, 1.165) is 44.5 Å². The predicted molar refractivity (Wildman–Crippen MR) is 355 cm³/mol. The van der Waals surface area contributed by atoms with Gasteiger partial charge in [0.05, 0.1) is 45.5 Å². The van der Waals surface area contributed by atoms with Gasteiger partial charge in [0, 0.05) is 35.0 Å². The first-order chi connectivity index (χ1) is 40.5. The summed E-state index contributed by atoms with van der Waals surface area (Å²) in [7, 11) is 0. The lowest BCUT2D eigenvalue weighted by Gasteiger charge is -2.22. The highest BCUT2D eigenvalue weighted by molar-refractivity contribution is 5.88. The van der Waals surface area contributed by atoms with Crippen LogP contribution in [0, 0.1) is 0 Å². The van der Waals surface area contributed by atoms with Crippen LogP contribution in [0.25, 0.3) is 11.1 Å². The van der Waals surface area contributed by atoms with Crippen LogP contribution < -0.4 is 18.9 Å². The van der Waals surface area contributed by atoms with Gasteiger partial charge in [0.15, 0.2) is 6.29 Å². The quantitative estimate of drug-likeness (QED) is 0.0144. The van der Waals surface area contributed by atoms with Crippen molar-refractivity contribution in [2.24, 2.45) is 0 Å². The van der Waals surface area contributed by atoms with Gasteiger partial charge in [0.25, 0.3) is 0 Å². The predicted octanol–water partition coefficient (Wildman–Crippen LogP) is 15.5. The molecular formula is C73H100O16. The van der Waals surface area contributed by atoms with Crippen molar-refractivity contribution in [3.63, 3.8) is 0 Å².